The molecule has 0 spiro atoms. The molecule has 2 nitrogen and oxygen atoms in total. The molecule has 16 heavy (non-hydrogen) atoms. The van der Waals surface area contributed by atoms with Crippen LogP contribution in [0, 0.1) is 0 Å². The quantitative estimate of drug-likeness (QED) is 0.767. The number of aromatic nitrogens is 1. The van der Waals surface area contributed by atoms with Crippen molar-refractivity contribution in [2.75, 3.05) is 7.05 Å². The molecule has 1 fully saturated rings. The van der Waals surface area contributed by atoms with Gasteiger partial charge in [-0.05, 0) is 19.9 Å². The minimum atomic E-state index is 0.531. The van der Waals surface area contributed by atoms with Crippen molar-refractivity contribution in [3.63, 3.8) is 0 Å². The lowest BCUT2D eigenvalue weighted by Crippen LogP contribution is -2.32. The van der Waals surface area contributed by atoms with Crippen molar-refractivity contribution in [3.05, 3.63) is 16.1 Å². The van der Waals surface area contributed by atoms with E-state index in [1.165, 1.54) is 37.1 Å². The molecule has 0 saturated heterocycles. The molecule has 0 aliphatic heterocycles. The molecule has 1 heterocycles. The average molecular weight is 259 g/mol. The van der Waals surface area contributed by atoms with E-state index < -0.39 is 0 Å². The third-order valence-electron chi connectivity index (χ3n) is 3.32. The molecule has 90 valence electrons. The molecule has 4 heteroatoms. The van der Waals surface area contributed by atoms with Crippen LogP contribution in [0.3, 0.4) is 0 Å². The fourth-order valence-electron chi connectivity index (χ4n) is 2.35. The van der Waals surface area contributed by atoms with Gasteiger partial charge < -0.3 is 0 Å². The first-order valence-electron chi connectivity index (χ1n) is 5.99. The van der Waals surface area contributed by atoms with Crippen molar-refractivity contribution in [1.82, 2.24) is 9.88 Å². The first-order valence-corrected chi connectivity index (χ1v) is 7.40. The van der Waals surface area contributed by atoms with Crippen LogP contribution >= 0.6 is 22.9 Å². The smallest absolute Gasteiger partial charge is 0.107 e. The second-order valence-corrected chi connectivity index (χ2v) is 5.78. The Morgan fingerprint density at radius 2 is 2.19 bits per heavy atom. The van der Waals surface area contributed by atoms with Gasteiger partial charge in [0.25, 0.3) is 0 Å². The number of thiazole rings is 1. The molecular formula is C12H19ClN2S. The predicted molar refractivity (Wildman–Crippen MR) is 70.0 cm³/mol. The largest absolute Gasteiger partial charge is 0.297 e. The molecule has 0 amide bonds. The van der Waals surface area contributed by atoms with Crippen molar-refractivity contribution in [2.45, 2.75) is 50.6 Å². The minimum absolute atomic E-state index is 0.531. The van der Waals surface area contributed by atoms with Crippen LogP contribution in [0.1, 0.15) is 42.8 Å². The summed E-state index contributed by atoms with van der Waals surface area (Å²) in [6.45, 7) is 0.978. The van der Waals surface area contributed by atoms with Crippen LogP contribution in [0.4, 0.5) is 0 Å². The third kappa shape index (κ3) is 3.19. The van der Waals surface area contributed by atoms with Gasteiger partial charge in [0.05, 0.1) is 18.1 Å². The van der Waals surface area contributed by atoms with E-state index in [1.54, 1.807) is 11.3 Å². The summed E-state index contributed by atoms with van der Waals surface area (Å²) in [4.78, 5) is 6.96. The van der Waals surface area contributed by atoms with Gasteiger partial charge in [0, 0.05) is 11.4 Å². The topological polar surface area (TPSA) is 16.1 Å². The van der Waals surface area contributed by atoms with Gasteiger partial charge in [0.2, 0.25) is 0 Å². The maximum atomic E-state index is 5.76. The first kappa shape index (κ1) is 12.3. The molecule has 1 aromatic rings. The SMILES string of the molecule is CN(Cc1nc(CCl)cs1)C1CCCCC1. The van der Waals surface area contributed by atoms with E-state index in [9.17, 15) is 0 Å². The predicted octanol–water partition coefficient (Wildman–Crippen LogP) is 3.65. The standard InChI is InChI=1S/C12H19ClN2S/c1-15(11-5-3-2-4-6-11)8-12-14-10(7-13)9-16-12/h9,11H,2-8H2,1H3. The van der Waals surface area contributed by atoms with Gasteiger partial charge in [-0.15, -0.1) is 22.9 Å². The average Bonchev–Trinajstić information content (AvgIpc) is 2.78. The molecule has 1 saturated carbocycles. The monoisotopic (exact) mass is 258 g/mol. The highest BCUT2D eigenvalue weighted by Crippen LogP contribution is 2.23. The van der Waals surface area contributed by atoms with E-state index in [0.29, 0.717) is 5.88 Å². The highest BCUT2D eigenvalue weighted by molar-refractivity contribution is 7.09. The lowest BCUT2D eigenvalue weighted by molar-refractivity contribution is 0.184. The zero-order valence-corrected chi connectivity index (χ0v) is 11.4. The Kier molecular flexibility index (Phi) is 4.62. The molecule has 0 N–H and O–H groups in total. The zero-order valence-electron chi connectivity index (χ0n) is 9.79. The van der Waals surface area contributed by atoms with Crippen LogP contribution in [0.2, 0.25) is 0 Å². The van der Waals surface area contributed by atoms with E-state index in [1.807, 2.05) is 0 Å². The van der Waals surface area contributed by atoms with Gasteiger partial charge in [0.1, 0.15) is 5.01 Å². The number of alkyl halides is 1. The van der Waals surface area contributed by atoms with Gasteiger partial charge in [0.15, 0.2) is 0 Å². The summed E-state index contributed by atoms with van der Waals surface area (Å²) in [5.41, 5.74) is 1.01. The molecule has 0 bridgehead atoms. The Labute approximate surface area is 107 Å². The van der Waals surface area contributed by atoms with Crippen molar-refractivity contribution in [3.8, 4) is 0 Å². The Morgan fingerprint density at radius 3 is 2.81 bits per heavy atom. The summed E-state index contributed by atoms with van der Waals surface area (Å²) in [5.74, 6) is 0.531. The molecule has 1 aliphatic carbocycles. The summed E-state index contributed by atoms with van der Waals surface area (Å²) >= 11 is 7.49. The van der Waals surface area contributed by atoms with Crippen molar-refractivity contribution >= 4 is 22.9 Å². The normalized spacial score (nSPS) is 18.2. The van der Waals surface area contributed by atoms with Crippen LogP contribution in [0.5, 0.6) is 0 Å². The highest BCUT2D eigenvalue weighted by Gasteiger charge is 2.18. The fraction of sp³-hybridized carbons (Fsp3) is 0.750. The molecule has 0 atom stereocenters. The molecule has 1 aliphatic rings. The number of nitrogens with zero attached hydrogens (tertiary/aromatic N) is 2. The van der Waals surface area contributed by atoms with E-state index in [0.717, 1.165) is 18.3 Å². The fourth-order valence-corrected chi connectivity index (χ4v) is 3.43. The summed E-state index contributed by atoms with van der Waals surface area (Å²) in [7, 11) is 2.22. The molecule has 1 aromatic heterocycles. The van der Waals surface area contributed by atoms with Gasteiger partial charge in [-0.3, -0.25) is 4.90 Å². The second kappa shape index (κ2) is 5.99. The van der Waals surface area contributed by atoms with Gasteiger partial charge >= 0.3 is 0 Å². The van der Waals surface area contributed by atoms with Gasteiger partial charge in [-0.25, -0.2) is 4.98 Å². The maximum Gasteiger partial charge on any atom is 0.107 e. The van der Waals surface area contributed by atoms with Gasteiger partial charge in [-0.2, -0.15) is 0 Å². The molecule has 0 unspecified atom stereocenters. The lowest BCUT2D eigenvalue weighted by atomic mass is 9.94. The van der Waals surface area contributed by atoms with Crippen LogP contribution < -0.4 is 0 Å². The van der Waals surface area contributed by atoms with Crippen molar-refractivity contribution < 1.29 is 0 Å². The molecule has 0 radical (unpaired) electrons. The van der Waals surface area contributed by atoms with Crippen LogP contribution in [0.25, 0.3) is 0 Å². The zero-order chi connectivity index (χ0) is 11.4. The number of rotatable bonds is 4. The Bertz CT molecular complexity index is 321. The van der Waals surface area contributed by atoms with Gasteiger partial charge in [-0.1, -0.05) is 19.3 Å². The Hall–Kier alpha value is -0.120. The molecule has 0 aromatic carbocycles. The van der Waals surface area contributed by atoms with Crippen molar-refractivity contribution in [1.29, 1.82) is 0 Å². The second-order valence-electron chi connectivity index (χ2n) is 4.57. The first-order chi connectivity index (χ1) is 7.79. The van der Waals surface area contributed by atoms with Crippen molar-refractivity contribution in [2.24, 2.45) is 0 Å². The summed E-state index contributed by atoms with van der Waals surface area (Å²) in [6.07, 6.45) is 6.89. The Balaban J connectivity index is 1.87. The number of halogens is 1. The molecular weight excluding hydrogens is 240 g/mol. The minimum Gasteiger partial charge on any atom is -0.297 e. The lowest BCUT2D eigenvalue weighted by Gasteiger charge is -2.30. The summed E-state index contributed by atoms with van der Waals surface area (Å²) in [5, 5.41) is 3.26. The maximum absolute atomic E-state index is 5.76. The van der Waals surface area contributed by atoms with Crippen LogP contribution in [0.15, 0.2) is 5.38 Å². The third-order valence-corrected chi connectivity index (χ3v) is 4.48. The highest BCUT2D eigenvalue weighted by atomic mass is 35.5. The van der Waals surface area contributed by atoms with E-state index >= 15 is 0 Å². The van der Waals surface area contributed by atoms with E-state index in [4.69, 9.17) is 11.6 Å². The van der Waals surface area contributed by atoms with E-state index in [-0.39, 0.29) is 0 Å². The van der Waals surface area contributed by atoms with E-state index in [2.05, 4.69) is 22.3 Å². The number of hydrogen-bond donors (Lipinski definition) is 0. The number of hydrogen-bond acceptors (Lipinski definition) is 3. The molecule has 2 rings (SSSR count). The van der Waals surface area contributed by atoms with Crippen LogP contribution in [-0.4, -0.2) is 23.0 Å². The summed E-state index contributed by atoms with van der Waals surface area (Å²) in [6, 6.07) is 0.761. The Morgan fingerprint density at radius 1 is 1.44 bits per heavy atom. The van der Waals surface area contributed by atoms with Crippen LogP contribution in [-0.2, 0) is 12.4 Å². The summed E-state index contributed by atoms with van der Waals surface area (Å²) < 4.78 is 0.